The van der Waals surface area contributed by atoms with E-state index in [4.69, 9.17) is 11.6 Å². The molecule has 78 valence electrons. The quantitative estimate of drug-likeness (QED) is 0.633. The van der Waals surface area contributed by atoms with Crippen molar-refractivity contribution in [3.8, 4) is 0 Å². The summed E-state index contributed by atoms with van der Waals surface area (Å²) in [5.74, 6) is -1.33. The average Bonchev–Trinajstić information content (AvgIpc) is 2.44. The van der Waals surface area contributed by atoms with Gasteiger partial charge in [-0.05, 0) is 17.7 Å². The minimum atomic E-state index is -0.807. The first kappa shape index (κ1) is 10.6. The van der Waals surface area contributed by atoms with E-state index in [2.05, 4.69) is 21.2 Å². The third-order valence-electron chi connectivity index (χ3n) is 2.30. The first-order valence-electron chi connectivity index (χ1n) is 4.34. The van der Waals surface area contributed by atoms with E-state index in [1.165, 1.54) is 0 Å². The molecule has 3 nitrogen and oxygen atoms in total. The molecule has 1 aromatic carbocycles. The standard InChI is InChI=1S/C10H7BrClNO2/c11-6-3-1-5(2-4-6)7-8(12)10(15)13-9(7)14/h1-4,7-8H,(H,13,14,15). The summed E-state index contributed by atoms with van der Waals surface area (Å²) in [5, 5.41) is 1.40. The smallest absolute Gasteiger partial charge is 0.245 e. The summed E-state index contributed by atoms with van der Waals surface area (Å²) in [6.07, 6.45) is 0. The molecular weight excluding hydrogens is 281 g/mol. The van der Waals surface area contributed by atoms with Crippen LogP contribution in [0.2, 0.25) is 0 Å². The Hall–Kier alpha value is -0.870. The van der Waals surface area contributed by atoms with Crippen LogP contribution in [-0.4, -0.2) is 17.2 Å². The van der Waals surface area contributed by atoms with Gasteiger partial charge < -0.3 is 0 Å². The van der Waals surface area contributed by atoms with Crippen molar-refractivity contribution in [3.63, 3.8) is 0 Å². The highest BCUT2D eigenvalue weighted by Crippen LogP contribution is 2.29. The van der Waals surface area contributed by atoms with Crippen LogP contribution >= 0.6 is 27.5 Å². The second-order valence-corrected chi connectivity index (χ2v) is 4.67. The van der Waals surface area contributed by atoms with E-state index in [0.717, 1.165) is 10.0 Å². The molecular formula is C10H7BrClNO2. The van der Waals surface area contributed by atoms with Crippen molar-refractivity contribution in [2.45, 2.75) is 11.3 Å². The first-order valence-corrected chi connectivity index (χ1v) is 5.57. The van der Waals surface area contributed by atoms with Gasteiger partial charge in [0.15, 0.2) is 0 Å². The Morgan fingerprint density at radius 1 is 1.13 bits per heavy atom. The van der Waals surface area contributed by atoms with Gasteiger partial charge in [0.1, 0.15) is 5.38 Å². The number of carbonyl (C=O) groups is 2. The summed E-state index contributed by atoms with van der Waals surface area (Å²) in [4.78, 5) is 22.6. The van der Waals surface area contributed by atoms with E-state index in [1.807, 2.05) is 12.1 Å². The van der Waals surface area contributed by atoms with E-state index in [-0.39, 0.29) is 5.91 Å². The van der Waals surface area contributed by atoms with E-state index >= 15 is 0 Å². The zero-order valence-corrected chi connectivity index (χ0v) is 9.88. The molecule has 1 aliphatic heterocycles. The fourth-order valence-electron chi connectivity index (χ4n) is 1.54. The molecule has 0 saturated carbocycles. The molecule has 1 N–H and O–H groups in total. The highest BCUT2D eigenvalue weighted by Gasteiger charge is 2.41. The van der Waals surface area contributed by atoms with Gasteiger partial charge in [0.25, 0.3) is 0 Å². The van der Waals surface area contributed by atoms with Gasteiger partial charge in [-0.15, -0.1) is 11.6 Å². The molecule has 1 aliphatic rings. The van der Waals surface area contributed by atoms with Crippen molar-refractivity contribution in [2.24, 2.45) is 0 Å². The van der Waals surface area contributed by atoms with Crippen LogP contribution in [-0.2, 0) is 9.59 Å². The van der Waals surface area contributed by atoms with Gasteiger partial charge in [0.05, 0.1) is 5.92 Å². The van der Waals surface area contributed by atoms with Crippen LogP contribution in [0.25, 0.3) is 0 Å². The molecule has 2 atom stereocenters. The average molecular weight is 289 g/mol. The Kier molecular flexibility index (Phi) is 2.80. The predicted molar refractivity (Wildman–Crippen MR) is 59.7 cm³/mol. The van der Waals surface area contributed by atoms with Crippen LogP contribution in [0.5, 0.6) is 0 Å². The van der Waals surface area contributed by atoms with Crippen LogP contribution in [0.4, 0.5) is 0 Å². The van der Waals surface area contributed by atoms with Gasteiger partial charge in [-0.2, -0.15) is 0 Å². The van der Waals surface area contributed by atoms with Crippen molar-refractivity contribution < 1.29 is 9.59 Å². The minimum Gasteiger partial charge on any atom is -0.295 e. The van der Waals surface area contributed by atoms with Gasteiger partial charge in [0, 0.05) is 4.47 Å². The van der Waals surface area contributed by atoms with Crippen molar-refractivity contribution in [2.75, 3.05) is 0 Å². The Labute approximate surface area is 99.9 Å². The Bertz CT molecular complexity index is 418. The summed E-state index contributed by atoms with van der Waals surface area (Å²) < 4.78 is 0.919. The first-order chi connectivity index (χ1) is 7.09. The number of amides is 2. The number of rotatable bonds is 1. The number of alkyl halides is 1. The monoisotopic (exact) mass is 287 g/mol. The van der Waals surface area contributed by atoms with Gasteiger partial charge in [-0.3, -0.25) is 14.9 Å². The maximum absolute atomic E-state index is 11.5. The zero-order chi connectivity index (χ0) is 11.0. The SMILES string of the molecule is O=C1NC(=O)C(c2ccc(Br)cc2)C1Cl. The highest BCUT2D eigenvalue weighted by molar-refractivity contribution is 9.10. The van der Waals surface area contributed by atoms with Crippen LogP contribution in [0.1, 0.15) is 11.5 Å². The topological polar surface area (TPSA) is 46.2 Å². The number of hydrogen-bond donors (Lipinski definition) is 1. The van der Waals surface area contributed by atoms with E-state index in [0.29, 0.717) is 0 Å². The van der Waals surface area contributed by atoms with Crippen molar-refractivity contribution in [1.29, 1.82) is 0 Å². The normalized spacial score (nSPS) is 25.5. The summed E-state index contributed by atoms with van der Waals surface area (Å²) in [6.45, 7) is 0. The molecule has 0 radical (unpaired) electrons. The molecule has 2 rings (SSSR count). The molecule has 1 aromatic rings. The third kappa shape index (κ3) is 1.92. The summed E-state index contributed by atoms with van der Waals surface area (Å²) in [7, 11) is 0. The van der Waals surface area contributed by atoms with Crippen LogP contribution in [0.3, 0.4) is 0 Å². The Morgan fingerprint density at radius 2 is 1.73 bits per heavy atom. The predicted octanol–water partition coefficient (Wildman–Crippen LogP) is 1.80. The van der Waals surface area contributed by atoms with Gasteiger partial charge in [-0.1, -0.05) is 28.1 Å². The number of nitrogens with one attached hydrogen (secondary N) is 1. The van der Waals surface area contributed by atoms with E-state index in [9.17, 15) is 9.59 Å². The second-order valence-electron chi connectivity index (χ2n) is 3.28. The van der Waals surface area contributed by atoms with Crippen LogP contribution < -0.4 is 5.32 Å². The molecule has 0 aliphatic carbocycles. The van der Waals surface area contributed by atoms with Crippen molar-refractivity contribution >= 4 is 39.3 Å². The van der Waals surface area contributed by atoms with Gasteiger partial charge in [-0.25, -0.2) is 0 Å². The number of carbonyl (C=O) groups excluding carboxylic acids is 2. The molecule has 15 heavy (non-hydrogen) atoms. The summed E-state index contributed by atoms with van der Waals surface area (Å²) >= 11 is 9.15. The maximum atomic E-state index is 11.5. The lowest BCUT2D eigenvalue weighted by molar-refractivity contribution is -0.125. The summed E-state index contributed by atoms with van der Waals surface area (Å²) in [6, 6.07) is 7.19. The third-order valence-corrected chi connectivity index (χ3v) is 3.28. The Morgan fingerprint density at radius 3 is 2.20 bits per heavy atom. The largest absolute Gasteiger partial charge is 0.295 e. The fourth-order valence-corrected chi connectivity index (χ4v) is 2.12. The minimum absolute atomic E-state index is 0.331. The zero-order valence-electron chi connectivity index (χ0n) is 7.54. The maximum Gasteiger partial charge on any atom is 0.245 e. The van der Waals surface area contributed by atoms with E-state index in [1.54, 1.807) is 12.1 Å². The highest BCUT2D eigenvalue weighted by atomic mass is 79.9. The molecule has 0 bridgehead atoms. The Balaban J connectivity index is 2.34. The lowest BCUT2D eigenvalue weighted by Gasteiger charge is -2.09. The van der Waals surface area contributed by atoms with Crippen LogP contribution in [0.15, 0.2) is 28.7 Å². The molecule has 5 heteroatoms. The van der Waals surface area contributed by atoms with Gasteiger partial charge in [0.2, 0.25) is 11.8 Å². The lowest BCUT2D eigenvalue weighted by Crippen LogP contribution is -2.22. The lowest BCUT2D eigenvalue weighted by atomic mass is 9.97. The van der Waals surface area contributed by atoms with Crippen LogP contribution in [0, 0.1) is 0 Å². The number of imide groups is 1. The molecule has 2 unspecified atom stereocenters. The second kappa shape index (κ2) is 3.94. The number of benzene rings is 1. The van der Waals surface area contributed by atoms with Gasteiger partial charge >= 0.3 is 0 Å². The van der Waals surface area contributed by atoms with Crippen molar-refractivity contribution in [1.82, 2.24) is 5.32 Å². The molecule has 0 spiro atoms. The molecule has 2 amide bonds. The summed E-state index contributed by atoms with van der Waals surface area (Å²) in [5.41, 5.74) is 0.751. The number of hydrogen-bond acceptors (Lipinski definition) is 2. The fraction of sp³-hybridized carbons (Fsp3) is 0.200. The van der Waals surface area contributed by atoms with E-state index < -0.39 is 17.2 Å². The molecule has 1 heterocycles. The molecule has 1 fully saturated rings. The van der Waals surface area contributed by atoms with Crippen molar-refractivity contribution in [3.05, 3.63) is 34.3 Å². The molecule has 0 aromatic heterocycles. The number of halogens is 2. The molecule has 1 saturated heterocycles.